The molecule has 1 aliphatic heterocycles. The number of benzene rings is 1. The molecule has 1 amide bonds. The van der Waals surface area contributed by atoms with Crippen molar-refractivity contribution >= 4 is 23.1 Å². The number of likely N-dealkylation sites (N-methyl/N-ethyl adjacent to an activating group) is 1. The molecular formula is C22H29N7O. The van der Waals surface area contributed by atoms with Crippen LogP contribution in [0.5, 0.6) is 0 Å². The Morgan fingerprint density at radius 2 is 2.07 bits per heavy atom. The molecule has 158 valence electrons. The van der Waals surface area contributed by atoms with Gasteiger partial charge < -0.3 is 15.1 Å². The number of carbonyl (C=O) groups is 1. The van der Waals surface area contributed by atoms with Crippen LogP contribution in [-0.4, -0.2) is 58.4 Å². The SMILES string of the molecule is CCN(CCNC(=O)C1CCN(c2ccc3nncn3n2)CC1)c1cccc(C)c1. The van der Waals surface area contributed by atoms with Crippen molar-refractivity contribution in [3.63, 3.8) is 0 Å². The third kappa shape index (κ3) is 4.53. The maximum absolute atomic E-state index is 12.7. The summed E-state index contributed by atoms with van der Waals surface area (Å²) in [7, 11) is 0. The van der Waals surface area contributed by atoms with Gasteiger partial charge in [-0.05, 0) is 56.5 Å². The highest BCUT2D eigenvalue weighted by Gasteiger charge is 2.25. The van der Waals surface area contributed by atoms with Crippen LogP contribution in [0.25, 0.3) is 5.65 Å². The lowest BCUT2D eigenvalue weighted by molar-refractivity contribution is -0.125. The van der Waals surface area contributed by atoms with E-state index in [2.05, 4.69) is 68.5 Å². The number of hydrogen-bond acceptors (Lipinski definition) is 6. The Kier molecular flexibility index (Phi) is 6.11. The summed E-state index contributed by atoms with van der Waals surface area (Å²) in [5.74, 6) is 1.13. The molecule has 2 aromatic heterocycles. The summed E-state index contributed by atoms with van der Waals surface area (Å²) >= 11 is 0. The molecule has 0 bridgehead atoms. The van der Waals surface area contributed by atoms with Crippen molar-refractivity contribution in [2.75, 3.05) is 42.5 Å². The van der Waals surface area contributed by atoms with Crippen LogP contribution in [0.15, 0.2) is 42.7 Å². The van der Waals surface area contributed by atoms with Crippen molar-refractivity contribution in [1.29, 1.82) is 0 Å². The van der Waals surface area contributed by atoms with Gasteiger partial charge in [-0.1, -0.05) is 12.1 Å². The maximum atomic E-state index is 12.7. The molecular weight excluding hydrogens is 378 g/mol. The molecule has 1 fully saturated rings. The van der Waals surface area contributed by atoms with E-state index in [1.807, 2.05) is 12.1 Å². The Labute approximate surface area is 176 Å². The lowest BCUT2D eigenvalue weighted by Gasteiger charge is -2.32. The van der Waals surface area contributed by atoms with Crippen LogP contribution >= 0.6 is 0 Å². The first kappa shape index (κ1) is 20.1. The fourth-order valence-electron chi connectivity index (χ4n) is 4.01. The highest BCUT2D eigenvalue weighted by atomic mass is 16.1. The van der Waals surface area contributed by atoms with Crippen molar-refractivity contribution < 1.29 is 4.79 Å². The molecule has 1 aromatic carbocycles. The fourth-order valence-corrected chi connectivity index (χ4v) is 4.01. The lowest BCUT2D eigenvalue weighted by atomic mass is 9.96. The average molecular weight is 408 g/mol. The minimum absolute atomic E-state index is 0.0638. The summed E-state index contributed by atoms with van der Waals surface area (Å²) in [5.41, 5.74) is 3.19. The summed E-state index contributed by atoms with van der Waals surface area (Å²) in [6.07, 6.45) is 3.28. The van der Waals surface area contributed by atoms with Crippen LogP contribution < -0.4 is 15.1 Å². The molecule has 0 saturated carbocycles. The molecule has 0 radical (unpaired) electrons. The Bertz CT molecular complexity index is 994. The smallest absolute Gasteiger partial charge is 0.223 e. The Hall–Kier alpha value is -3.16. The molecule has 0 aliphatic carbocycles. The van der Waals surface area contributed by atoms with Gasteiger partial charge in [-0.15, -0.1) is 15.3 Å². The van der Waals surface area contributed by atoms with E-state index in [0.717, 1.165) is 50.5 Å². The zero-order valence-electron chi connectivity index (χ0n) is 17.7. The topological polar surface area (TPSA) is 78.7 Å². The number of carbonyl (C=O) groups excluding carboxylic acids is 1. The van der Waals surface area contributed by atoms with E-state index in [0.29, 0.717) is 6.54 Å². The van der Waals surface area contributed by atoms with Gasteiger partial charge in [0.15, 0.2) is 5.65 Å². The van der Waals surface area contributed by atoms with Gasteiger partial charge in [0.25, 0.3) is 0 Å². The number of anilines is 2. The molecule has 0 atom stereocenters. The van der Waals surface area contributed by atoms with Crippen LogP contribution in [0.4, 0.5) is 11.5 Å². The number of rotatable bonds is 7. The predicted molar refractivity (Wildman–Crippen MR) is 118 cm³/mol. The predicted octanol–water partition coefficient (Wildman–Crippen LogP) is 2.29. The normalized spacial score (nSPS) is 14.8. The Morgan fingerprint density at radius 1 is 1.23 bits per heavy atom. The molecule has 1 N–H and O–H groups in total. The number of aryl methyl sites for hydroxylation is 1. The van der Waals surface area contributed by atoms with E-state index in [1.165, 1.54) is 11.3 Å². The number of piperidine rings is 1. The Balaban J connectivity index is 1.25. The number of nitrogens with zero attached hydrogens (tertiary/aromatic N) is 6. The van der Waals surface area contributed by atoms with E-state index >= 15 is 0 Å². The number of aromatic nitrogens is 4. The monoisotopic (exact) mass is 407 g/mol. The number of hydrogen-bond donors (Lipinski definition) is 1. The van der Waals surface area contributed by atoms with Crippen molar-refractivity contribution in [3.8, 4) is 0 Å². The molecule has 3 aromatic rings. The highest BCUT2D eigenvalue weighted by molar-refractivity contribution is 5.79. The van der Waals surface area contributed by atoms with Crippen molar-refractivity contribution in [3.05, 3.63) is 48.3 Å². The second kappa shape index (κ2) is 9.11. The first-order chi connectivity index (χ1) is 14.6. The molecule has 0 unspecified atom stereocenters. The minimum Gasteiger partial charge on any atom is -0.370 e. The standard InChI is InChI=1S/C22H29N7O/c1-3-27(19-6-4-5-17(2)15-19)14-11-23-22(30)18-9-12-28(13-10-18)21-8-7-20-25-24-16-29(20)26-21/h4-8,15-16,18H,3,9-14H2,1-2H3,(H,23,30). The van der Waals surface area contributed by atoms with Crippen LogP contribution in [0.2, 0.25) is 0 Å². The van der Waals surface area contributed by atoms with Crippen LogP contribution in [-0.2, 0) is 4.79 Å². The van der Waals surface area contributed by atoms with Gasteiger partial charge in [0.05, 0.1) is 0 Å². The first-order valence-corrected chi connectivity index (χ1v) is 10.7. The van der Waals surface area contributed by atoms with E-state index < -0.39 is 0 Å². The summed E-state index contributed by atoms with van der Waals surface area (Å²) in [5, 5.41) is 15.6. The molecule has 3 heterocycles. The molecule has 1 saturated heterocycles. The molecule has 0 spiro atoms. The summed E-state index contributed by atoms with van der Waals surface area (Å²) in [6, 6.07) is 12.4. The fraction of sp³-hybridized carbons (Fsp3) is 0.455. The van der Waals surface area contributed by atoms with E-state index in [-0.39, 0.29) is 11.8 Å². The molecule has 4 rings (SSSR count). The molecule has 8 heteroatoms. The third-order valence-corrected chi connectivity index (χ3v) is 5.77. The number of nitrogens with one attached hydrogen (secondary N) is 1. The van der Waals surface area contributed by atoms with Crippen molar-refractivity contribution in [2.24, 2.45) is 5.92 Å². The molecule has 1 aliphatic rings. The average Bonchev–Trinajstić information content (AvgIpc) is 3.24. The number of amides is 1. The van der Waals surface area contributed by atoms with Gasteiger partial charge in [-0.3, -0.25) is 4.79 Å². The third-order valence-electron chi connectivity index (χ3n) is 5.77. The van der Waals surface area contributed by atoms with Gasteiger partial charge in [0.2, 0.25) is 5.91 Å². The number of fused-ring (bicyclic) bond motifs is 1. The van der Waals surface area contributed by atoms with Crippen molar-refractivity contribution in [1.82, 2.24) is 25.1 Å². The minimum atomic E-state index is 0.0638. The van der Waals surface area contributed by atoms with E-state index in [1.54, 1.807) is 10.8 Å². The Morgan fingerprint density at radius 3 is 2.83 bits per heavy atom. The summed E-state index contributed by atoms with van der Waals surface area (Å²) in [6.45, 7) is 8.28. The van der Waals surface area contributed by atoms with E-state index in [4.69, 9.17) is 0 Å². The summed E-state index contributed by atoms with van der Waals surface area (Å²) < 4.78 is 1.68. The second-order valence-corrected chi connectivity index (χ2v) is 7.80. The molecule has 8 nitrogen and oxygen atoms in total. The largest absolute Gasteiger partial charge is 0.370 e. The lowest BCUT2D eigenvalue weighted by Crippen LogP contribution is -2.43. The van der Waals surface area contributed by atoms with Gasteiger partial charge in [-0.25, -0.2) is 0 Å². The first-order valence-electron chi connectivity index (χ1n) is 10.7. The second-order valence-electron chi connectivity index (χ2n) is 7.80. The van der Waals surface area contributed by atoms with Crippen molar-refractivity contribution in [2.45, 2.75) is 26.7 Å². The van der Waals surface area contributed by atoms with Gasteiger partial charge in [0, 0.05) is 44.3 Å². The van der Waals surface area contributed by atoms with Gasteiger partial charge >= 0.3 is 0 Å². The quantitative estimate of drug-likeness (QED) is 0.647. The van der Waals surface area contributed by atoms with E-state index in [9.17, 15) is 4.79 Å². The van der Waals surface area contributed by atoms with Crippen LogP contribution in [0, 0.1) is 12.8 Å². The van der Waals surface area contributed by atoms with Gasteiger partial charge in [-0.2, -0.15) is 4.52 Å². The van der Waals surface area contributed by atoms with Crippen LogP contribution in [0.1, 0.15) is 25.3 Å². The zero-order chi connectivity index (χ0) is 20.9. The molecule has 30 heavy (non-hydrogen) atoms. The van der Waals surface area contributed by atoms with Gasteiger partial charge in [0.1, 0.15) is 12.1 Å². The highest BCUT2D eigenvalue weighted by Crippen LogP contribution is 2.22. The maximum Gasteiger partial charge on any atom is 0.223 e. The zero-order valence-corrected chi connectivity index (χ0v) is 17.7. The van der Waals surface area contributed by atoms with Crippen LogP contribution in [0.3, 0.4) is 0 Å². The summed E-state index contributed by atoms with van der Waals surface area (Å²) in [4.78, 5) is 17.2.